The van der Waals surface area contributed by atoms with E-state index in [1.807, 2.05) is 49.1 Å². The molecule has 148 valence electrons. The molecular weight excluding hydrogens is 354 g/mol. The molecule has 0 radical (unpaired) electrons. The molecule has 1 aliphatic carbocycles. The van der Waals surface area contributed by atoms with Gasteiger partial charge in [0.2, 0.25) is 11.8 Å². The first-order valence-electron chi connectivity index (χ1n) is 9.94. The topological polar surface area (TPSA) is 70.5 Å². The zero-order valence-electron chi connectivity index (χ0n) is 16.5. The second-order valence-corrected chi connectivity index (χ2v) is 7.84. The third kappa shape index (κ3) is 4.25. The van der Waals surface area contributed by atoms with Gasteiger partial charge in [-0.3, -0.25) is 14.5 Å². The van der Waals surface area contributed by atoms with Gasteiger partial charge in [0.15, 0.2) is 0 Å². The molecule has 2 fully saturated rings. The quantitative estimate of drug-likeness (QED) is 0.860. The van der Waals surface area contributed by atoms with Crippen LogP contribution in [0.4, 0.5) is 5.82 Å². The number of nitrogens with zero attached hydrogens (tertiary/aromatic N) is 4. The van der Waals surface area contributed by atoms with Gasteiger partial charge in [-0.25, -0.2) is 4.68 Å². The van der Waals surface area contributed by atoms with Crippen LogP contribution >= 0.6 is 0 Å². The monoisotopic (exact) mass is 381 g/mol. The molecular formula is C21H27N5O2. The lowest BCUT2D eigenvalue weighted by atomic mass is 10.2. The van der Waals surface area contributed by atoms with Crippen LogP contribution in [0.3, 0.4) is 0 Å². The van der Waals surface area contributed by atoms with E-state index in [9.17, 15) is 9.59 Å². The minimum atomic E-state index is -0.0600. The van der Waals surface area contributed by atoms with E-state index in [0.717, 1.165) is 37.3 Å². The van der Waals surface area contributed by atoms with E-state index in [0.29, 0.717) is 31.4 Å². The zero-order valence-corrected chi connectivity index (χ0v) is 16.5. The van der Waals surface area contributed by atoms with Crippen LogP contribution in [0.5, 0.6) is 0 Å². The second kappa shape index (κ2) is 7.75. The lowest BCUT2D eigenvalue weighted by Gasteiger charge is -2.34. The average molecular weight is 381 g/mol. The largest absolute Gasteiger partial charge is 0.340 e. The van der Waals surface area contributed by atoms with Gasteiger partial charge in [-0.2, -0.15) is 5.10 Å². The zero-order chi connectivity index (χ0) is 19.7. The Morgan fingerprint density at radius 3 is 2.39 bits per heavy atom. The fourth-order valence-electron chi connectivity index (χ4n) is 3.57. The highest BCUT2D eigenvalue weighted by molar-refractivity contribution is 5.91. The normalized spacial score (nSPS) is 17.6. The Morgan fingerprint density at radius 1 is 1.07 bits per heavy atom. The van der Waals surface area contributed by atoms with Crippen molar-refractivity contribution in [3.8, 4) is 5.69 Å². The van der Waals surface area contributed by atoms with Crippen LogP contribution in [0.15, 0.2) is 30.3 Å². The van der Waals surface area contributed by atoms with Gasteiger partial charge < -0.3 is 10.2 Å². The fourth-order valence-corrected chi connectivity index (χ4v) is 3.57. The fraction of sp³-hybridized carbons (Fsp3) is 0.476. The predicted molar refractivity (Wildman–Crippen MR) is 107 cm³/mol. The molecule has 1 saturated carbocycles. The van der Waals surface area contributed by atoms with Crippen LogP contribution in [0.25, 0.3) is 5.69 Å². The number of piperazine rings is 1. The molecule has 2 aromatic rings. The lowest BCUT2D eigenvalue weighted by molar-refractivity contribution is -0.134. The molecule has 0 spiro atoms. The molecule has 1 aromatic carbocycles. The van der Waals surface area contributed by atoms with Crippen LogP contribution in [0, 0.1) is 19.8 Å². The van der Waals surface area contributed by atoms with Crippen LogP contribution in [-0.2, 0) is 9.59 Å². The molecule has 2 heterocycles. The molecule has 7 nitrogen and oxygen atoms in total. The van der Waals surface area contributed by atoms with E-state index in [4.69, 9.17) is 0 Å². The number of benzene rings is 1. The highest BCUT2D eigenvalue weighted by Gasteiger charge is 2.34. The van der Waals surface area contributed by atoms with Crippen molar-refractivity contribution >= 4 is 17.6 Å². The highest BCUT2D eigenvalue weighted by Crippen LogP contribution is 2.31. The number of nitrogens with one attached hydrogen (secondary N) is 1. The first-order valence-corrected chi connectivity index (χ1v) is 9.94. The Hall–Kier alpha value is -2.67. The number of aryl methyl sites for hydroxylation is 2. The number of rotatable bonds is 5. The molecule has 1 aliphatic heterocycles. The number of hydrogen-bond acceptors (Lipinski definition) is 4. The molecule has 0 unspecified atom stereocenters. The first kappa shape index (κ1) is 18.7. The smallest absolute Gasteiger partial charge is 0.239 e. The van der Waals surface area contributed by atoms with E-state index in [1.54, 1.807) is 4.68 Å². The van der Waals surface area contributed by atoms with Gasteiger partial charge in [0.25, 0.3) is 0 Å². The summed E-state index contributed by atoms with van der Waals surface area (Å²) in [5.41, 5.74) is 2.95. The van der Waals surface area contributed by atoms with Crippen LogP contribution in [0.1, 0.15) is 24.1 Å². The SMILES string of the molecule is Cc1ccc(-n2nc(C)cc2NC(=O)CN2CCN(C(=O)C3CC3)CC2)cc1. The Kier molecular flexibility index (Phi) is 5.17. The van der Waals surface area contributed by atoms with Gasteiger partial charge in [-0.1, -0.05) is 17.7 Å². The molecule has 2 aliphatic rings. The third-order valence-corrected chi connectivity index (χ3v) is 5.36. The number of hydrogen-bond donors (Lipinski definition) is 1. The van der Waals surface area contributed by atoms with E-state index in [1.165, 1.54) is 5.56 Å². The number of aromatic nitrogens is 2. The summed E-state index contributed by atoms with van der Waals surface area (Å²) in [5, 5.41) is 7.50. The number of carbonyl (C=O) groups is 2. The minimum absolute atomic E-state index is 0.0600. The molecule has 7 heteroatoms. The Morgan fingerprint density at radius 2 is 1.75 bits per heavy atom. The van der Waals surface area contributed by atoms with Crippen LogP contribution in [-0.4, -0.2) is 64.1 Å². The van der Waals surface area contributed by atoms with Gasteiger partial charge in [0.1, 0.15) is 5.82 Å². The minimum Gasteiger partial charge on any atom is -0.340 e. The lowest BCUT2D eigenvalue weighted by Crippen LogP contribution is -2.50. The number of anilines is 1. The van der Waals surface area contributed by atoms with Crippen molar-refractivity contribution in [1.29, 1.82) is 0 Å². The summed E-state index contributed by atoms with van der Waals surface area (Å²) in [4.78, 5) is 28.8. The van der Waals surface area contributed by atoms with Crippen molar-refractivity contribution in [2.24, 2.45) is 5.92 Å². The van der Waals surface area contributed by atoms with E-state index < -0.39 is 0 Å². The Labute approximate surface area is 165 Å². The summed E-state index contributed by atoms with van der Waals surface area (Å²) in [6.45, 7) is 7.18. The van der Waals surface area contributed by atoms with Crippen LogP contribution in [0.2, 0.25) is 0 Å². The van der Waals surface area contributed by atoms with Gasteiger partial charge >= 0.3 is 0 Å². The van der Waals surface area contributed by atoms with Crippen molar-refractivity contribution in [2.45, 2.75) is 26.7 Å². The maximum atomic E-state index is 12.6. The van der Waals surface area contributed by atoms with E-state index in [-0.39, 0.29) is 11.8 Å². The maximum Gasteiger partial charge on any atom is 0.239 e. The summed E-state index contributed by atoms with van der Waals surface area (Å²) in [6, 6.07) is 9.92. The van der Waals surface area contributed by atoms with Crippen molar-refractivity contribution in [3.63, 3.8) is 0 Å². The molecule has 4 rings (SSSR count). The van der Waals surface area contributed by atoms with Crippen LogP contribution < -0.4 is 5.32 Å². The molecule has 1 N–H and O–H groups in total. The van der Waals surface area contributed by atoms with Gasteiger partial charge in [-0.15, -0.1) is 0 Å². The van der Waals surface area contributed by atoms with Crippen molar-refractivity contribution < 1.29 is 9.59 Å². The maximum absolute atomic E-state index is 12.6. The Bertz CT molecular complexity index is 861. The van der Waals surface area contributed by atoms with E-state index >= 15 is 0 Å². The predicted octanol–water partition coefficient (Wildman–Crippen LogP) is 1.98. The molecule has 0 bridgehead atoms. The van der Waals surface area contributed by atoms with Crippen molar-refractivity contribution in [2.75, 3.05) is 38.0 Å². The standard InChI is InChI=1S/C21H27N5O2/c1-15-3-7-18(8-4-15)26-19(13-16(2)23-26)22-20(27)14-24-9-11-25(12-10-24)21(28)17-5-6-17/h3-4,7-8,13,17H,5-6,9-12,14H2,1-2H3,(H,22,27). The summed E-state index contributed by atoms with van der Waals surface area (Å²) in [6.07, 6.45) is 2.07. The summed E-state index contributed by atoms with van der Waals surface area (Å²) < 4.78 is 1.76. The number of carbonyl (C=O) groups excluding carboxylic acids is 2. The molecule has 2 amide bonds. The third-order valence-electron chi connectivity index (χ3n) is 5.36. The summed E-state index contributed by atoms with van der Waals surface area (Å²) in [7, 11) is 0. The highest BCUT2D eigenvalue weighted by atomic mass is 16.2. The molecule has 0 atom stereocenters. The van der Waals surface area contributed by atoms with Crippen molar-refractivity contribution in [1.82, 2.24) is 19.6 Å². The first-order chi connectivity index (χ1) is 13.5. The molecule has 1 saturated heterocycles. The molecule has 28 heavy (non-hydrogen) atoms. The number of amides is 2. The average Bonchev–Trinajstić information content (AvgIpc) is 3.46. The summed E-state index contributed by atoms with van der Waals surface area (Å²) in [5.74, 6) is 1.17. The summed E-state index contributed by atoms with van der Waals surface area (Å²) >= 11 is 0. The van der Waals surface area contributed by atoms with Gasteiger partial charge in [0, 0.05) is 38.2 Å². The van der Waals surface area contributed by atoms with E-state index in [2.05, 4.69) is 15.3 Å². The molecule has 1 aromatic heterocycles. The van der Waals surface area contributed by atoms with Crippen molar-refractivity contribution in [3.05, 3.63) is 41.6 Å². The van der Waals surface area contributed by atoms with Gasteiger partial charge in [-0.05, 0) is 38.8 Å². The Balaban J connectivity index is 1.34. The second-order valence-electron chi connectivity index (χ2n) is 7.84. The van der Waals surface area contributed by atoms with Gasteiger partial charge in [0.05, 0.1) is 17.9 Å².